The zero-order valence-corrected chi connectivity index (χ0v) is 16.7. The minimum Gasteiger partial charge on any atom is -0.497 e. The van der Waals surface area contributed by atoms with Crippen molar-refractivity contribution in [2.45, 2.75) is 11.9 Å². The zero-order chi connectivity index (χ0) is 20.0. The van der Waals surface area contributed by atoms with Gasteiger partial charge >= 0.3 is 0 Å². The van der Waals surface area contributed by atoms with E-state index in [1.807, 2.05) is 49.4 Å². The van der Waals surface area contributed by atoms with Crippen molar-refractivity contribution >= 4 is 50.5 Å². The van der Waals surface area contributed by atoms with E-state index in [0.717, 1.165) is 27.4 Å². The third kappa shape index (κ3) is 3.03. The van der Waals surface area contributed by atoms with Crippen molar-refractivity contribution in [1.29, 1.82) is 0 Å². The quantitative estimate of drug-likeness (QED) is 0.248. The van der Waals surface area contributed by atoms with E-state index in [0.29, 0.717) is 27.7 Å². The Kier molecular flexibility index (Phi) is 4.24. The number of carbonyl (C=O) groups is 1. The van der Waals surface area contributed by atoms with E-state index in [9.17, 15) is 4.79 Å². The zero-order valence-electron chi connectivity index (χ0n) is 15.9. The lowest BCUT2D eigenvalue weighted by atomic mass is 10.1. The van der Waals surface area contributed by atoms with Crippen molar-refractivity contribution in [3.63, 3.8) is 0 Å². The third-order valence-electron chi connectivity index (χ3n) is 4.83. The van der Waals surface area contributed by atoms with Gasteiger partial charge in [0.1, 0.15) is 27.7 Å². The van der Waals surface area contributed by atoms with Crippen LogP contribution in [0.4, 0.5) is 0 Å². The Bertz CT molecular complexity index is 1390. The monoisotopic (exact) mass is 403 g/mol. The van der Waals surface area contributed by atoms with Crippen molar-refractivity contribution in [2.75, 3.05) is 12.9 Å². The van der Waals surface area contributed by atoms with Crippen LogP contribution in [0.15, 0.2) is 58.1 Å². The summed E-state index contributed by atoms with van der Waals surface area (Å²) >= 11 is 1.36. The molecule has 0 aliphatic rings. The van der Waals surface area contributed by atoms with Crippen LogP contribution in [0.2, 0.25) is 0 Å². The van der Waals surface area contributed by atoms with Crippen LogP contribution in [0.1, 0.15) is 16.2 Å². The van der Waals surface area contributed by atoms with Crippen LogP contribution in [0.25, 0.3) is 33.0 Å². The topological polar surface area (TPSA) is 81.0 Å². The summed E-state index contributed by atoms with van der Waals surface area (Å²) < 4.78 is 11.3. The van der Waals surface area contributed by atoms with Crippen LogP contribution in [0.5, 0.6) is 5.75 Å². The van der Waals surface area contributed by atoms with Gasteiger partial charge in [-0.05, 0) is 37.3 Å². The van der Waals surface area contributed by atoms with Gasteiger partial charge < -0.3 is 14.1 Å². The van der Waals surface area contributed by atoms with E-state index >= 15 is 0 Å². The summed E-state index contributed by atoms with van der Waals surface area (Å²) in [6, 6.07) is 13.4. The molecule has 0 atom stereocenters. The number of fused-ring (bicyclic) bond motifs is 4. The number of benzene rings is 2. The van der Waals surface area contributed by atoms with Crippen LogP contribution < -0.4 is 4.74 Å². The Morgan fingerprint density at radius 2 is 2.03 bits per heavy atom. The van der Waals surface area contributed by atoms with Crippen molar-refractivity contribution in [1.82, 2.24) is 15.0 Å². The number of hydrogen-bond acceptors (Lipinski definition) is 6. The van der Waals surface area contributed by atoms with Gasteiger partial charge in [0, 0.05) is 28.0 Å². The molecule has 0 saturated carbocycles. The highest BCUT2D eigenvalue weighted by Crippen LogP contribution is 2.34. The second-order valence-electron chi connectivity index (χ2n) is 6.68. The van der Waals surface area contributed by atoms with Crippen molar-refractivity contribution in [2.24, 2.45) is 0 Å². The smallest absolute Gasteiger partial charge is 0.186 e. The van der Waals surface area contributed by atoms with Crippen LogP contribution in [0, 0.1) is 6.92 Å². The number of H-pyrrole nitrogens is 1. The second-order valence-corrected chi connectivity index (χ2v) is 7.64. The number of rotatable bonds is 5. The summed E-state index contributed by atoms with van der Waals surface area (Å²) in [7, 11) is 1.61. The number of para-hydroxylation sites is 1. The molecule has 29 heavy (non-hydrogen) atoms. The number of aromatic nitrogens is 3. The SMILES string of the molecule is COc1ccc2[nH]cc(C(=O)CSc3nc(C)nc4c3oc3ccccc34)c2c1. The number of carbonyl (C=O) groups excluding carboxylic acids is 1. The Morgan fingerprint density at radius 1 is 1.17 bits per heavy atom. The van der Waals surface area contributed by atoms with E-state index < -0.39 is 0 Å². The average molecular weight is 403 g/mol. The normalized spacial score (nSPS) is 11.5. The number of hydrogen-bond donors (Lipinski definition) is 1. The van der Waals surface area contributed by atoms with Gasteiger partial charge in [-0.1, -0.05) is 23.9 Å². The minimum absolute atomic E-state index is 0.00929. The molecule has 0 spiro atoms. The number of aryl methyl sites for hydroxylation is 1. The molecule has 0 bridgehead atoms. The number of Topliss-reactive ketones (excluding diaryl/α,β-unsaturated/α-hetero) is 1. The Balaban J connectivity index is 1.48. The molecule has 1 N–H and O–H groups in total. The summed E-state index contributed by atoms with van der Waals surface area (Å²) in [5, 5.41) is 2.47. The van der Waals surface area contributed by atoms with E-state index in [1.165, 1.54) is 11.8 Å². The second kappa shape index (κ2) is 6.93. The van der Waals surface area contributed by atoms with E-state index in [2.05, 4.69) is 15.0 Å². The maximum atomic E-state index is 12.9. The molecule has 0 saturated heterocycles. The van der Waals surface area contributed by atoms with Gasteiger partial charge in [0.05, 0.1) is 12.9 Å². The third-order valence-corrected chi connectivity index (χ3v) is 5.79. The first-order chi connectivity index (χ1) is 14.1. The fourth-order valence-electron chi connectivity index (χ4n) is 3.44. The highest BCUT2D eigenvalue weighted by atomic mass is 32.2. The van der Waals surface area contributed by atoms with E-state index in [1.54, 1.807) is 13.3 Å². The predicted octanol–water partition coefficient (Wildman–Crippen LogP) is 5.15. The number of nitrogens with zero attached hydrogens (tertiary/aromatic N) is 2. The lowest BCUT2D eigenvalue weighted by Gasteiger charge is -2.03. The molecule has 0 amide bonds. The van der Waals surface area contributed by atoms with Gasteiger partial charge in [0.15, 0.2) is 11.4 Å². The van der Waals surface area contributed by atoms with E-state index in [-0.39, 0.29) is 11.5 Å². The lowest BCUT2D eigenvalue weighted by molar-refractivity contribution is 0.102. The Morgan fingerprint density at radius 3 is 2.90 bits per heavy atom. The molecular weight excluding hydrogens is 386 g/mol. The summed E-state index contributed by atoms with van der Waals surface area (Å²) in [6.07, 6.45) is 1.75. The van der Waals surface area contributed by atoms with Gasteiger partial charge in [0.2, 0.25) is 0 Å². The number of nitrogens with one attached hydrogen (secondary N) is 1. The molecule has 0 radical (unpaired) electrons. The molecule has 5 rings (SSSR count). The maximum Gasteiger partial charge on any atom is 0.186 e. The first-order valence-corrected chi connectivity index (χ1v) is 10.1. The van der Waals surface area contributed by atoms with Gasteiger partial charge in [-0.3, -0.25) is 4.79 Å². The molecule has 0 aliphatic carbocycles. The number of ether oxygens (including phenoxy) is 1. The van der Waals surface area contributed by atoms with Gasteiger partial charge in [-0.25, -0.2) is 9.97 Å². The fourth-order valence-corrected chi connectivity index (χ4v) is 4.33. The van der Waals surface area contributed by atoms with Crippen LogP contribution in [-0.4, -0.2) is 33.6 Å². The van der Waals surface area contributed by atoms with Crippen LogP contribution >= 0.6 is 11.8 Å². The van der Waals surface area contributed by atoms with Crippen LogP contribution in [0.3, 0.4) is 0 Å². The van der Waals surface area contributed by atoms with Crippen molar-refractivity contribution < 1.29 is 13.9 Å². The lowest BCUT2D eigenvalue weighted by Crippen LogP contribution is -2.02. The molecule has 5 aromatic rings. The summed E-state index contributed by atoms with van der Waals surface area (Å²) in [5.74, 6) is 1.62. The number of thioether (sulfide) groups is 1. The standard InChI is InChI=1S/C22H17N3O3S/c1-12-24-20-14-5-3-4-6-19(14)28-21(20)22(25-12)29-11-18(26)16-10-23-17-8-7-13(27-2)9-15(16)17/h3-10,23H,11H2,1-2H3. The summed E-state index contributed by atoms with van der Waals surface area (Å²) in [5.41, 5.74) is 3.70. The highest BCUT2D eigenvalue weighted by molar-refractivity contribution is 8.00. The summed E-state index contributed by atoms with van der Waals surface area (Å²) in [6.45, 7) is 1.85. The number of aromatic amines is 1. The van der Waals surface area contributed by atoms with Crippen molar-refractivity contribution in [3.8, 4) is 5.75 Å². The average Bonchev–Trinajstić information content (AvgIpc) is 3.33. The minimum atomic E-state index is 0.00929. The molecule has 0 fully saturated rings. The molecule has 3 heterocycles. The van der Waals surface area contributed by atoms with E-state index in [4.69, 9.17) is 9.15 Å². The molecule has 7 heteroatoms. The summed E-state index contributed by atoms with van der Waals surface area (Å²) in [4.78, 5) is 25.1. The van der Waals surface area contributed by atoms with Crippen molar-refractivity contribution in [3.05, 3.63) is 60.0 Å². The van der Waals surface area contributed by atoms with Crippen LogP contribution in [-0.2, 0) is 0 Å². The maximum absolute atomic E-state index is 12.9. The van der Waals surface area contributed by atoms with Gasteiger partial charge in [0.25, 0.3) is 0 Å². The molecule has 0 aliphatic heterocycles. The van der Waals surface area contributed by atoms with Gasteiger partial charge in [-0.15, -0.1) is 0 Å². The molecule has 6 nitrogen and oxygen atoms in total. The Hall–Kier alpha value is -3.32. The fraction of sp³-hybridized carbons (Fsp3) is 0.136. The van der Waals surface area contributed by atoms with Gasteiger partial charge in [-0.2, -0.15) is 0 Å². The highest BCUT2D eigenvalue weighted by Gasteiger charge is 2.18. The molecule has 144 valence electrons. The largest absolute Gasteiger partial charge is 0.497 e. The predicted molar refractivity (Wildman–Crippen MR) is 114 cm³/mol. The number of methoxy groups -OCH3 is 1. The first-order valence-electron chi connectivity index (χ1n) is 9.11. The Labute approximate surface area is 170 Å². The first kappa shape index (κ1) is 17.8. The molecule has 2 aromatic carbocycles. The molecule has 3 aromatic heterocycles. The number of furan rings is 1. The molecular formula is C22H17N3O3S. The molecule has 0 unspecified atom stereocenters. The number of ketones is 1.